The van der Waals surface area contributed by atoms with Crippen LogP contribution in [-0.4, -0.2) is 65.7 Å². The monoisotopic (exact) mass is 396 g/mol. The van der Waals surface area contributed by atoms with Gasteiger partial charge in [0.1, 0.15) is 39.3 Å². The highest BCUT2D eigenvalue weighted by Gasteiger charge is 2.12. The van der Waals surface area contributed by atoms with E-state index in [1.165, 1.54) is 9.80 Å². The van der Waals surface area contributed by atoms with Gasteiger partial charge in [0, 0.05) is 11.1 Å². The van der Waals surface area contributed by atoms with Gasteiger partial charge in [-0.3, -0.25) is 0 Å². The van der Waals surface area contributed by atoms with Gasteiger partial charge in [-0.05, 0) is 36.1 Å². The van der Waals surface area contributed by atoms with E-state index in [2.05, 4.69) is 47.9 Å². The maximum atomic E-state index is 5.36. The zero-order valence-electron chi connectivity index (χ0n) is 15.0. The second-order valence-electron chi connectivity index (χ2n) is 6.26. The first-order chi connectivity index (χ1) is 11.9. The van der Waals surface area contributed by atoms with E-state index in [1.54, 1.807) is 0 Å². The molecule has 0 aliphatic carbocycles. The minimum absolute atomic E-state index is 0. The third-order valence-electron chi connectivity index (χ3n) is 4.43. The quantitative estimate of drug-likeness (QED) is 0.486. The van der Waals surface area contributed by atoms with Crippen LogP contribution in [0, 0.1) is 23.7 Å². The van der Waals surface area contributed by atoms with Gasteiger partial charge >= 0.3 is 0 Å². The third kappa shape index (κ3) is 7.98. The van der Waals surface area contributed by atoms with Crippen molar-refractivity contribution in [2.75, 3.05) is 65.7 Å². The second kappa shape index (κ2) is 13.0. The van der Waals surface area contributed by atoms with Crippen molar-refractivity contribution < 1.29 is 44.1 Å². The van der Waals surface area contributed by atoms with Crippen LogP contribution in [0.1, 0.15) is 11.1 Å². The molecule has 3 rings (SSSR count). The molecule has 2 aliphatic rings. The molecule has 2 aliphatic heterocycles. The molecule has 26 heavy (non-hydrogen) atoms. The average Bonchev–Trinajstić information content (AvgIpc) is 2.65. The molecule has 2 heterocycles. The molecular formula is C20H26Cl2N2O2. The van der Waals surface area contributed by atoms with Crippen LogP contribution in [0.3, 0.4) is 0 Å². The van der Waals surface area contributed by atoms with Gasteiger partial charge in [-0.15, -0.1) is 0 Å². The zero-order valence-corrected chi connectivity index (χ0v) is 16.5. The zero-order chi connectivity index (χ0) is 16.5. The molecule has 4 nitrogen and oxygen atoms in total. The summed E-state index contributed by atoms with van der Waals surface area (Å²) in [5, 5.41) is 0. The predicted molar refractivity (Wildman–Crippen MR) is 93.0 cm³/mol. The second-order valence-corrected chi connectivity index (χ2v) is 6.26. The van der Waals surface area contributed by atoms with Crippen LogP contribution in [0.2, 0.25) is 0 Å². The number of hydrogen-bond donors (Lipinski definition) is 2. The fourth-order valence-electron chi connectivity index (χ4n) is 2.85. The Labute approximate surface area is 169 Å². The normalized spacial score (nSPS) is 17.5. The maximum absolute atomic E-state index is 5.36. The Balaban J connectivity index is 0.00000169. The van der Waals surface area contributed by atoms with Crippen molar-refractivity contribution in [1.82, 2.24) is 0 Å². The smallest absolute Gasteiger partial charge is 0.139 e. The first kappa shape index (κ1) is 22.8. The molecule has 0 spiro atoms. The van der Waals surface area contributed by atoms with E-state index in [4.69, 9.17) is 9.47 Å². The molecule has 0 bridgehead atoms. The van der Waals surface area contributed by atoms with E-state index in [0.717, 1.165) is 76.8 Å². The molecule has 1 aromatic carbocycles. The first-order valence-corrected chi connectivity index (χ1v) is 8.80. The van der Waals surface area contributed by atoms with Crippen molar-refractivity contribution in [3.8, 4) is 23.7 Å². The van der Waals surface area contributed by atoms with Crippen molar-refractivity contribution in [2.24, 2.45) is 0 Å². The van der Waals surface area contributed by atoms with Gasteiger partial charge in [0.2, 0.25) is 0 Å². The lowest BCUT2D eigenvalue weighted by atomic mass is 10.1. The molecular weight excluding hydrogens is 371 g/mol. The van der Waals surface area contributed by atoms with Crippen LogP contribution >= 0.6 is 0 Å². The molecule has 6 heteroatoms. The lowest BCUT2D eigenvalue weighted by molar-refractivity contribution is -0.900. The van der Waals surface area contributed by atoms with Crippen LogP contribution in [0.25, 0.3) is 0 Å². The maximum Gasteiger partial charge on any atom is 0.139 e. The highest BCUT2D eigenvalue weighted by atomic mass is 35.5. The topological polar surface area (TPSA) is 27.3 Å². The Bertz CT molecular complexity index is 575. The summed E-state index contributed by atoms with van der Waals surface area (Å²) in [6, 6.07) is 8.25. The van der Waals surface area contributed by atoms with Crippen molar-refractivity contribution in [1.29, 1.82) is 0 Å². The Morgan fingerprint density at radius 1 is 0.654 bits per heavy atom. The highest BCUT2D eigenvalue weighted by Crippen LogP contribution is 2.01. The number of quaternary nitrogens is 2. The van der Waals surface area contributed by atoms with Crippen LogP contribution in [0.5, 0.6) is 0 Å². The minimum atomic E-state index is 0. The summed E-state index contributed by atoms with van der Waals surface area (Å²) in [6.07, 6.45) is 0. The van der Waals surface area contributed by atoms with Gasteiger partial charge in [0.05, 0.1) is 26.4 Å². The van der Waals surface area contributed by atoms with Crippen molar-refractivity contribution >= 4 is 0 Å². The average molecular weight is 397 g/mol. The fraction of sp³-hybridized carbons (Fsp3) is 0.500. The predicted octanol–water partition coefficient (Wildman–Crippen LogP) is -7.77. The number of halogens is 2. The summed E-state index contributed by atoms with van der Waals surface area (Å²) in [6.45, 7) is 9.48. The molecule has 2 fully saturated rings. The van der Waals surface area contributed by atoms with E-state index in [1.807, 2.05) is 0 Å². The van der Waals surface area contributed by atoms with Crippen molar-refractivity contribution in [3.05, 3.63) is 35.4 Å². The lowest BCUT2D eigenvalue weighted by Crippen LogP contribution is -3.14. The van der Waals surface area contributed by atoms with E-state index in [-0.39, 0.29) is 24.8 Å². The number of benzene rings is 1. The van der Waals surface area contributed by atoms with Crippen LogP contribution in [-0.2, 0) is 9.47 Å². The number of morpholine rings is 2. The lowest BCUT2D eigenvalue weighted by Gasteiger charge is -2.21. The number of rotatable bonds is 2. The van der Waals surface area contributed by atoms with Gasteiger partial charge in [-0.2, -0.15) is 0 Å². The number of nitrogens with one attached hydrogen (secondary N) is 2. The Morgan fingerprint density at radius 3 is 1.35 bits per heavy atom. The standard InChI is InChI=1S/C20H24N2O2.2ClH/c1(9-21-11-15-23-16-12-21)3-19-5-7-20(8-6-19)4-2-10-22-13-17-24-18-14-22;;/h5-8H,9-18H2;2*1H. The molecule has 0 unspecified atom stereocenters. The number of ether oxygens (including phenoxy) is 2. The summed E-state index contributed by atoms with van der Waals surface area (Å²) < 4.78 is 10.7. The summed E-state index contributed by atoms with van der Waals surface area (Å²) in [5.41, 5.74) is 2.12. The van der Waals surface area contributed by atoms with E-state index in [9.17, 15) is 0 Å². The fourth-order valence-corrected chi connectivity index (χ4v) is 2.85. The summed E-state index contributed by atoms with van der Waals surface area (Å²) >= 11 is 0. The van der Waals surface area contributed by atoms with Crippen LogP contribution in [0.15, 0.2) is 24.3 Å². The molecule has 0 atom stereocenters. The Hall–Kier alpha value is -1.24. The molecule has 1 aromatic rings. The molecule has 0 amide bonds. The van der Waals surface area contributed by atoms with Crippen LogP contribution in [0.4, 0.5) is 0 Å². The van der Waals surface area contributed by atoms with Gasteiger partial charge in [0.25, 0.3) is 0 Å². The largest absolute Gasteiger partial charge is 1.00 e. The summed E-state index contributed by atoms with van der Waals surface area (Å²) in [4.78, 5) is 3.03. The van der Waals surface area contributed by atoms with E-state index in [0.29, 0.717) is 0 Å². The van der Waals surface area contributed by atoms with Gasteiger partial charge < -0.3 is 44.1 Å². The van der Waals surface area contributed by atoms with Gasteiger partial charge in [-0.25, -0.2) is 0 Å². The molecule has 2 saturated heterocycles. The molecule has 0 radical (unpaired) electrons. The number of hydrogen-bond acceptors (Lipinski definition) is 2. The molecule has 0 aromatic heterocycles. The van der Waals surface area contributed by atoms with E-state index >= 15 is 0 Å². The van der Waals surface area contributed by atoms with Crippen molar-refractivity contribution in [3.63, 3.8) is 0 Å². The van der Waals surface area contributed by atoms with E-state index < -0.39 is 0 Å². The Morgan fingerprint density at radius 2 is 1.00 bits per heavy atom. The summed E-state index contributed by atoms with van der Waals surface area (Å²) in [7, 11) is 0. The highest BCUT2D eigenvalue weighted by molar-refractivity contribution is 5.41. The first-order valence-electron chi connectivity index (χ1n) is 8.80. The third-order valence-corrected chi connectivity index (χ3v) is 4.43. The molecule has 2 N–H and O–H groups in total. The minimum Gasteiger partial charge on any atom is -1.00 e. The SMILES string of the molecule is C(#Cc1ccc(C#CC[NH+]2CCOCC2)cc1)C[NH+]1CCOCC1.[Cl-].[Cl-]. The van der Waals surface area contributed by atoms with Gasteiger partial charge in [-0.1, -0.05) is 11.8 Å². The van der Waals surface area contributed by atoms with Gasteiger partial charge in [0.15, 0.2) is 0 Å². The van der Waals surface area contributed by atoms with Crippen molar-refractivity contribution in [2.45, 2.75) is 0 Å². The van der Waals surface area contributed by atoms with Crippen LogP contribution < -0.4 is 34.6 Å². The Kier molecular flexibility index (Phi) is 11.4. The summed E-state index contributed by atoms with van der Waals surface area (Å²) in [5.74, 6) is 13.1. The molecule has 142 valence electrons. The molecule has 0 saturated carbocycles.